The first kappa shape index (κ1) is 17.5. The van der Waals surface area contributed by atoms with Gasteiger partial charge in [-0.05, 0) is 36.1 Å². The SMILES string of the molecule is OCCCC(NCc1ccc(C(F)(F)F)cc1)c1ccccc1. The summed E-state index contributed by atoms with van der Waals surface area (Å²) in [6, 6.07) is 15.1. The van der Waals surface area contributed by atoms with E-state index >= 15 is 0 Å². The van der Waals surface area contributed by atoms with Crippen LogP contribution in [0.2, 0.25) is 0 Å². The standard InChI is InChI=1S/C18H20F3NO/c19-18(20,21)16-10-8-14(9-11-16)13-22-17(7-4-12-23)15-5-2-1-3-6-15/h1-3,5-6,8-11,17,22-23H,4,7,12-13H2. The molecule has 0 heterocycles. The van der Waals surface area contributed by atoms with E-state index in [-0.39, 0.29) is 12.6 Å². The Morgan fingerprint density at radius 2 is 1.61 bits per heavy atom. The van der Waals surface area contributed by atoms with Crippen LogP contribution in [0.5, 0.6) is 0 Å². The zero-order valence-electron chi connectivity index (χ0n) is 12.7. The molecule has 0 aliphatic carbocycles. The second kappa shape index (κ2) is 8.13. The number of benzene rings is 2. The average Bonchev–Trinajstić information content (AvgIpc) is 2.55. The van der Waals surface area contributed by atoms with Crippen LogP contribution in [0, 0.1) is 0 Å². The van der Waals surface area contributed by atoms with Gasteiger partial charge in [0, 0.05) is 19.2 Å². The van der Waals surface area contributed by atoms with Crippen LogP contribution in [-0.2, 0) is 12.7 Å². The number of hydrogen-bond donors (Lipinski definition) is 2. The number of hydrogen-bond acceptors (Lipinski definition) is 2. The zero-order chi connectivity index (χ0) is 16.7. The molecule has 2 N–H and O–H groups in total. The highest BCUT2D eigenvalue weighted by molar-refractivity contribution is 5.25. The number of halogens is 3. The molecule has 2 rings (SSSR count). The molecule has 0 saturated heterocycles. The Balaban J connectivity index is 2.00. The molecule has 0 spiro atoms. The Kier molecular flexibility index (Phi) is 6.19. The van der Waals surface area contributed by atoms with Crippen molar-refractivity contribution in [1.29, 1.82) is 0 Å². The minimum absolute atomic E-state index is 0.0608. The summed E-state index contributed by atoms with van der Waals surface area (Å²) in [6.45, 7) is 0.592. The molecule has 0 bridgehead atoms. The minimum Gasteiger partial charge on any atom is -0.396 e. The zero-order valence-corrected chi connectivity index (χ0v) is 12.7. The first-order chi connectivity index (χ1) is 11.0. The highest BCUT2D eigenvalue weighted by Crippen LogP contribution is 2.29. The van der Waals surface area contributed by atoms with Gasteiger partial charge in [-0.1, -0.05) is 42.5 Å². The van der Waals surface area contributed by atoms with Crippen molar-refractivity contribution in [1.82, 2.24) is 5.32 Å². The molecule has 0 fully saturated rings. The number of nitrogens with one attached hydrogen (secondary N) is 1. The normalized spacial score (nSPS) is 13.0. The summed E-state index contributed by atoms with van der Waals surface area (Å²) in [6.07, 6.45) is -2.87. The molecule has 0 radical (unpaired) electrons. The summed E-state index contributed by atoms with van der Waals surface area (Å²) in [7, 11) is 0. The van der Waals surface area contributed by atoms with Crippen molar-refractivity contribution in [2.45, 2.75) is 31.6 Å². The molecule has 2 nitrogen and oxygen atoms in total. The third kappa shape index (κ3) is 5.37. The largest absolute Gasteiger partial charge is 0.416 e. The number of rotatable bonds is 7. The van der Waals surface area contributed by atoms with Crippen molar-refractivity contribution < 1.29 is 18.3 Å². The summed E-state index contributed by atoms with van der Waals surface area (Å²) >= 11 is 0. The van der Waals surface area contributed by atoms with Gasteiger partial charge in [-0.2, -0.15) is 13.2 Å². The van der Waals surface area contributed by atoms with Gasteiger partial charge >= 0.3 is 6.18 Å². The van der Waals surface area contributed by atoms with E-state index in [1.54, 1.807) is 0 Å². The van der Waals surface area contributed by atoms with Crippen molar-refractivity contribution in [3.63, 3.8) is 0 Å². The fourth-order valence-electron chi connectivity index (χ4n) is 2.42. The van der Waals surface area contributed by atoms with Crippen LogP contribution >= 0.6 is 0 Å². The molecule has 124 valence electrons. The van der Waals surface area contributed by atoms with E-state index < -0.39 is 11.7 Å². The second-order valence-electron chi connectivity index (χ2n) is 5.40. The van der Waals surface area contributed by atoms with Gasteiger partial charge in [0.25, 0.3) is 0 Å². The third-order valence-corrected chi connectivity index (χ3v) is 3.69. The molecule has 0 aromatic heterocycles. The maximum absolute atomic E-state index is 12.6. The lowest BCUT2D eigenvalue weighted by molar-refractivity contribution is -0.137. The van der Waals surface area contributed by atoms with E-state index in [0.717, 1.165) is 29.7 Å². The Morgan fingerprint density at radius 1 is 0.957 bits per heavy atom. The monoisotopic (exact) mass is 323 g/mol. The van der Waals surface area contributed by atoms with Crippen LogP contribution in [-0.4, -0.2) is 11.7 Å². The maximum atomic E-state index is 12.6. The summed E-state index contributed by atoms with van der Waals surface area (Å²) < 4.78 is 37.7. The molecule has 5 heteroatoms. The molecular formula is C18H20F3NO. The fourth-order valence-corrected chi connectivity index (χ4v) is 2.42. The smallest absolute Gasteiger partial charge is 0.396 e. The molecule has 0 saturated carbocycles. The van der Waals surface area contributed by atoms with Crippen LogP contribution in [0.25, 0.3) is 0 Å². The first-order valence-electron chi connectivity index (χ1n) is 7.56. The Bertz CT molecular complexity index is 581. The highest BCUT2D eigenvalue weighted by atomic mass is 19.4. The van der Waals surface area contributed by atoms with Crippen molar-refractivity contribution in [3.8, 4) is 0 Å². The van der Waals surface area contributed by atoms with E-state index in [9.17, 15) is 13.2 Å². The van der Waals surface area contributed by atoms with Crippen molar-refractivity contribution in [2.75, 3.05) is 6.61 Å². The molecule has 2 aromatic carbocycles. The molecule has 0 aliphatic heterocycles. The van der Waals surface area contributed by atoms with Crippen molar-refractivity contribution >= 4 is 0 Å². The molecule has 23 heavy (non-hydrogen) atoms. The molecule has 0 amide bonds. The van der Waals surface area contributed by atoms with E-state index in [0.29, 0.717) is 13.0 Å². The lowest BCUT2D eigenvalue weighted by Gasteiger charge is -2.19. The van der Waals surface area contributed by atoms with E-state index in [1.807, 2.05) is 30.3 Å². The van der Waals surface area contributed by atoms with Crippen molar-refractivity contribution in [2.24, 2.45) is 0 Å². The van der Waals surface area contributed by atoms with Gasteiger partial charge in [-0.3, -0.25) is 0 Å². The van der Waals surface area contributed by atoms with Gasteiger partial charge in [0.05, 0.1) is 5.56 Å². The average molecular weight is 323 g/mol. The van der Waals surface area contributed by atoms with E-state index in [2.05, 4.69) is 5.32 Å². The van der Waals surface area contributed by atoms with Crippen LogP contribution < -0.4 is 5.32 Å². The predicted octanol–water partition coefficient (Wildman–Crippen LogP) is 4.31. The van der Waals surface area contributed by atoms with Gasteiger partial charge in [-0.15, -0.1) is 0 Å². The predicted molar refractivity (Wildman–Crippen MR) is 83.8 cm³/mol. The summed E-state index contributed by atoms with van der Waals surface area (Å²) in [5.41, 5.74) is 1.26. The molecule has 1 unspecified atom stereocenters. The highest BCUT2D eigenvalue weighted by Gasteiger charge is 2.29. The molecule has 0 aliphatic rings. The minimum atomic E-state index is -4.31. The lowest BCUT2D eigenvalue weighted by Crippen LogP contribution is -2.21. The summed E-state index contributed by atoms with van der Waals surface area (Å²) in [4.78, 5) is 0. The Hall–Kier alpha value is -1.85. The number of aliphatic hydroxyl groups is 1. The second-order valence-corrected chi connectivity index (χ2v) is 5.40. The van der Waals surface area contributed by atoms with Gasteiger partial charge in [0.1, 0.15) is 0 Å². The fraction of sp³-hybridized carbons (Fsp3) is 0.333. The van der Waals surface area contributed by atoms with Crippen LogP contribution in [0.1, 0.15) is 35.6 Å². The van der Waals surface area contributed by atoms with Gasteiger partial charge in [-0.25, -0.2) is 0 Å². The Morgan fingerprint density at radius 3 is 2.17 bits per heavy atom. The van der Waals surface area contributed by atoms with Crippen LogP contribution in [0.3, 0.4) is 0 Å². The van der Waals surface area contributed by atoms with E-state index in [4.69, 9.17) is 5.11 Å². The van der Waals surface area contributed by atoms with Crippen LogP contribution in [0.4, 0.5) is 13.2 Å². The van der Waals surface area contributed by atoms with Crippen LogP contribution in [0.15, 0.2) is 54.6 Å². The maximum Gasteiger partial charge on any atom is 0.416 e. The van der Waals surface area contributed by atoms with Gasteiger partial charge < -0.3 is 10.4 Å². The number of aliphatic hydroxyl groups excluding tert-OH is 1. The van der Waals surface area contributed by atoms with Gasteiger partial charge in [0.2, 0.25) is 0 Å². The van der Waals surface area contributed by atoms with Crippen molar-refractivity contribution in [3.05, 3.63) is 71.3 Å². The number of alkyl halides is 3. The topological polar surface area (TPSA) is 32.3 Å². The molecule has 2 aromatic rings. The summed E-state index contributed by atoms with van der Waals surface area (Å²) in [5.74, 6) is 0. The third-order valence-electron chi connectivity index (χ3n) is 3.69. The Labute approximate surface area is 134 Å². The lowest BCUT2D eigenvalue weighted by atomic mass is 10.0. The van der Waals surface area contributed by atoms with E-state index in [1.165, 1.54) is 12.1 Å². The first-order valence-corrected chi connectivity index (χ1v) is 7.56. The molecular weight excluding hydrogens is 303 g/mol. The molecule has 1 atom stereocenters. The summed E-state index contributed by atoms with van der Waals surface area (Å²) in [5, 5.41) is 12.4. The van der Waals surface area contributed by atoms with Gasteiger partial charge in [0.15, 0.2) is 0 Å². The quantitative estimate of drug-likeness (QED) is 0.796.